The summed E-state index contributed by atoms with van der Waals surface area (Å²) in [6.07, 6.45) is 4.40. The molecule has 1 amide bonds. The van der Waals surface area contributed by atoms with Crippen LogP contribution < -0.4 is 10.2 Å². The Morgan fingerprint density at radius 1 is 1.16 bits per heavy atom. The molecule has 0 unspecified atom stereocenters. The van der Waals surface area contributed by atoms with Gasteiger partial charge in [-0.3, -0.25) is 9.48 Å². The highest BCUT2D eigenvalue weighted by Crippen LogP contribution is 2.40. The van der Waals surface area contributed by atoms with Gasteiger partial charge in [0.1, 0.15) is 0 Å². The first-order chi connectivity index (χ1) is 15.5. The second-order valence-corrected chi connectivity index (χ2v) is 8.65. The average Bonchev–Trinajstić information content (AvgIpc) is 3.43. The Labute approximate surface area is 186 Å². The molecule has 3 heterocycles. The van der Waals surface area contributed by atoms with Crippen molar-refractivity contribution in [3.05, 3.63) is 46.8 Å². The lowest BCUT2D eigenvalue weighted by molar-refractivity contribution is 0.0600. The van der Waals surface area contributed by atoms with E-state index in [-0.39, 0.29) is 5.91 Å². The average molecular weight is 434 g/mol. The van der Waals surface area contributed by atoms with E-state index in [9.17, 15) is 9.59 Å². The highest BCUT2D eigenvalue weighted by Gasteiger charge is 2.29. The van der Waals surface area contributed by atoms with Crippen molar-refractivity contribution in [2.24, 2.45) is 7.05 Å². The van der Waals surface area contributed by atoms with Gasteiger partial charge in [-0.05, 0) is 56.9 Å². The lowest BCUT2D eigenvalue weighted by Gasteiger charge is -2.22. The maximum Gasteiger partial charge on any atom is 0.337 e. The minimum atomic E-state index is -0.432. The first kappa shape index (κ1) is 20.5. The molecular formula is C24H27N5O3. The SMILES string of the molecule is COC(=O)c1ccc(N2CCCC2)c(NC(=O)c2cc(C3CC3)nc3c2c(C)nn3C)c1. The van der Waals surface area contributed by atoms with Gasteiger partial charge in [0.05, 0.1) is 40.7 Å². The van der Waals surface area contributed by atoms with E-state index in [0.29, 0.717) is 22.7 Å². The zero-order valence-electron chi connectivity index (χ0n) is 18.6. The summed E-state index contributed by atoms with van der Waals surface area (Å²) in [5.41, 5.74) is 4.93. The maximum atomic E-state index is 13.6. The van der Waals surface area contributed by atoms with E-state index >= 15 is 0 Å². The van der Waals surface area contributed by atoms with Gasteiger partial charge in [0, 0.05) is 31.7 Å². The highest BCUT2D eigenvalue weighted by atomic mass is 16.5. The van der Waals surface area contributed by atoms with Gasteiger partial charge in [-0.2, -0.15) is 5.10 Å². The summed E-state index contributed by atoms with van der Waals surface area (Å²) in [5.74, 6) is -0.249. The van der Waals surface area contributed by atoms with Crippen LogP contribution in [0.4, 0.5) is 11.4 Å². The van der Waals surface area contributed by atoms with Crippen molar-refractivity contribution < 1.29 is 14.3 Å². The molecule has 2 aromatic heterocycles. The molecule has 2 aliphatic rings. The molecule has 0 bridgehead atoms. The molecule has 0 spiro atoms. The Balaban J connectivity index is 1.57. The lowest BCUT2D eigenvalue weighted by Crippen LogP contribution is -2.22. The van der Waals surface area contributed by atoms with E-state index in [1.165, 1.54) is 7.11 Å². The smallest absolute Gasteiger partial charge is 0.337 e. The van der Waals surface area contributed by atoms with Gasteiger partial charge < -0.3 is 15.0 Å². The number of esters is 1. The van der Waals surface area contributed by atoms with Crippen molar-refractivity contribution in [1.82, 2.24) is 14.8 Å². The standard InChI is InChI=1S/C24H27N5O3/c1-14-21-17(13-18(15-6-7-15)25-22(21)28(2)27-14)23(30)26-19-12-16(24(31)32-3)8-9-20(19)29-10-4-5-11-29/h8-9,12-13,15H,4-7,10-11H2,1-3H3,(H,26,30). The van der Waals surface area contributed by atoms with Gasteiger partial charge in [0.25, 0.3) is 5.91 Å². The Bertz CT molecular complexity index is 1220. The fraction of sp³-hybridized carbons (Fsp3) is 0.417. The fourth-order valence-corrected chi connectivity index (χ4v) is 4.54. The summed E-state index contributed by atoms with van der Waals surface area (Å²) in [6, 6.07) is 7.24. The van der Waals surface area contributed by atoms with Gasteiger partial charge in [0.2, 0.25) is 0 Å². The van der Waals surface area contributed by atoms with Crippen molar-refractivity contribution in [2.45, 2.75) is 38.5 Å². The van der Waals surface area contributed by atoms with E-state index in [1.807, 2.05) is 26.1 Å². The number of pyridine rings is 1. The summed E-state index contributed by atoms with van der Waals surface area (Å²) in [6.45, 7) is 3.74. The number of methoxy groups -OCH3 is 1. The Morgan fingerprint density at radius 2 is 1.91 bits per heavy atom. The molecule has 0 radical (unpaired) electrons. The van der Waals surface area contributed by atoms with Crippen LogP contribution >= 0.6 is 0 Å². The molecule has 1 saturated heterocycles. The molecule has 1 aromatic carbocycles. The van der Waals surface area contributed by atoms with E-state index in [4.69, 9.17) is 9.72 Å². The first-order valence-corrected chi connectivity index (χ1v) is 11.1. The molecule has 8 heteroatoms. The minimum Gasteiger partial charge on any atom is -0.465 e. The van der Waals surface area contributed by atoms with Gasteiger partial charge in [-0.1, -0.05) is 0 Å². The largest absolute Gasteiger partial charge is 0.465 e. The Hall–Kier alpha value is -3.42. The summed E-state index contributed by atoms with van der Waals surface area (Å²) in [5, 5.41) is 8.34. The predicted octanol–water partition coefficient (Wildman–Crippen LogP) is 3.79. The van der Waals surface area contributed by atoms with Crippen molar-refractivity contribution in [3.63, 3.8) is 0 Å². The molecule has 3 aromatic rings. The van der Waals surface area contributed by atoms with Gasteiger partial charge in [0.15, 0.2) is 5.65 Å². The van der Waals surface area contributed by atoms with Crippen LogP contribution in [0.15, 0.2) is 24.3 Å². The van der Waals surface area contributed by atoms with Gasteiger partial charge >= 0.3 is 5.97 Å². The zero-order valence-corrected chi connectivity index (χ0v) is 18.6. The number of hydrogen-bond donors (Lipinski definition) is 1. The number of amides is 1. The molecular weight excluding hydrogens is 406 g/mol. The fourth-order valence-electron chi connectivity index (χ4n) is 4.54. The number of hydrogen-bond acceptors (Lipinski definition) is 6. The van der Waals surface area contributed by atoms with E-state index in [0.717, 1.165) is 66.9 Å². The quantitative estimate of drug-likeness (QED) is 0.616. The van der Waals surface area contributed by atoms with Crippen LogP contribution in [-0.2, 0) is 11.8 Å². The van der Waals surface area contributed by atoms with Crippen LogP contribution in [-0.4, -0.2) is 46.8 Å². The van der Waals surface area contributed by atoms with Gasteiger partial charge in [-0.25, -0.2) is 9.78 Å². The molecule has 1 saturated carbocycles. The van der Waals surface area contributed by atoms with Crippen LogP contribution in [0.3, 0.4) is 0 Å². The zero-order chi connectivity index (χ0) is 22.4. The monoisotopic (exact) mass is 433 g/mol. The molecule has 1 aliphatic heterocycles. The van der Waals surface area contributed by atoms with E-state index < -0.39 is 5.97 Å². The number of benzene rings is 1. The minimum absolute atomic E-state index is 0.224. The highest BCUT2D eigenvalue weighted by molar-refractivity contribution is 6.14. The predicted molar refractivity (Wildman–Crippen MR) is 122 cm³/mol. The third-order valence-electron chi connectivity index (χ3n) is 6.34. The molecule has 5 rings (SSSR count). The van der Waals surface area contributed by atoms with Crippen LogP contribution in [0, 0.1) is 6.92 Å². The summed E-state index contributed by atoms with van der Waals surface area (Å²) in [4.78, 5) is 32.8. The third-order valence-corrected chi connectivity index (χ3v) is 6.34. The second kappa shape index (κ2) is 7.93. The number of anilines is 2. The number of aryl methyl sites for hydroxylation is 2. The Kier molecular flexibility index (Phi) is 5.07. The molecule has 2 fully saturated rings. The summed E-state index contributed by atoms with van der Waals surface area (Å²) < 4.78 is 6.62. The van der Waals surface area contributed by atoms with Gasteiger partial charge in [-0.15, -0.1) is 0 Å². The van der Waals surface area contributed by atoms with E-state index in [2.05, 4.69) is 15.3 Å². The summed E-state index contributed by atoms with van der Waals surface area (Å²) in [7, 11) is 3.21. The van der Waals surface area contributed by atoms with E-state index in [1.54, 1.807) is 16.8 Å². The van der Waals surface area contributed by atoms with Crippen LogP contribution in [0.5, 0.6) is 0 Å². The molecule has 1 N–H and O–H groups in total. The van der Waals surface area contributed by atoms with Crippen molar-refractivity contribution in [2.75, 3.05) is 30.4 Å². The molecule has 1 aliphatic carbocycles. The number of carbonyl (C=O) groups excluding carboxylic acids is 2. The van der Waals surface area contributed by atoms with Crippen molar-refractivity contribution in [1.29, 1.82) is 0 Å². The number of ether oxygens (including phenoxy) is 1. The number of fused-ring (bicyclic) bond motifs is 1. The first-order valence-electron chi connectivity index (χ1n) is 11.1. The lowest BCUT2D eigenvalue weighted by atomic mass is 10.1. The number of aromatic nitrogens is 3. The number of carbonyl (C=O) groups is 2. The Morgan fingerprint density at radius 3 is 2.59 bits per heavy atom. The second-order valence-electron chi connectivity index (χ2n) is 8.65. The number of rotatable bonds is 5. The van der Waals surface area contributed by atoms with Crippen molar-refractivity contribution in [3.8, 4) is 0 Å². The van der Waals surface area contributed by atoms with Crippen LogP contribution in [0.1, 0.15) is 63.7 Å². The van der Waals surface area contributed by atoms with Crippen molar-refractivity contribution >= 4 is 34.3 Å². The summed E-state index contributed by atoms with van der Waals surface area (Å²) >= 11 is 0. The van der Waals surface area contributed by atoms with Crippen LogP contribution in [0.25, 0.3) is 11.0 Å². The topological polar surface area (TPSA) is 89.3 Å². The molecule has 8 nitrogen and oxygen atoms in total. The molecule has 32 heavy (non-hydrogen) atoms. The molecule has 166 valence electrons. The number of nitrogens with one attached hydrogen (secondary N) is 1. The molecule has 0 atom stereocenters. The normalized spacial score (nSPS) is 15.9. The van der Waals surface area contributed by atoms with Crippen LogP contribution in [0.2, 0.25) is 0 Å². The number of nitrogens with zero attached hydrogens (tertiary/aromatic N) is 4. The maximum absolute atomic E-state index is 13.6. The third kappa shape index (κ3) is 3.59.